The van der Waals surface area contributed by atoms with Gasteiger partial charge in [0.25, 0.3) is 0 Å². The van der Waals surface area contributed by atoms with E-state index in [1.165, 1.54) is 0 Å². The molecule has 0 aromatic heterocycles. The Morgan fingerprint density at radius 3 is 1.09 bits per heavy atom. The van der Waals surface area contributed by atoms with Crippen LogP contribution in [0.25, 0.3) is 0 Å². The van der Waals surface area contributed by atoms with E-state index in [0.29, 0.717) is 78.5 Å². The highest BCUT2D eigenvalue weighted by atomic mass is 16.6. The monoisotopic (exact) mass is 823 g/mol. The zero-order valence-electron chi connectivity index (χ0n) is 37.5. The summed E-state index contributed by atoms with van der Waals surface area (Å²) in [4.78, 5) is 52.2. The highest BCUT2D eigenvalue weighted by Crippen LogP contribution is 2.40. The van der Waals surface area contributed by atoms with Gasteiger partial charge in [0.15, 0.2) is 0 Å². The highest BCUT2D eigenvalue weighted by Gasteiger charge is 2.44. The number of carbonyl (C=O) groups is 4. The molecule has 57 heavy (non-hydrogen) atoms. The Hall–Kier alpha value is -2.40. The number of methoxy groups -OCH3 is 2. The third-order valence-corrected chi connectivity index (χ3v) is 9.81. The number of carbonyl (C=O) groups excluding carboxylic acids is 4. The number of rotatable bonds is 36. The Bertz CT molecular complexity index is 1040. The second-order valence-corrected chi connectivity index (χ2v) is 16.6. The minimum absolute atomic E-state index is 0.0462. The molecule has 0 spiro atoms. The number of ether oxygens (including phenoxy) is 11. The Balaban J connectivity index is 4.60. The lowest BCUT2D eigenvalue weighted by atomic mass is 9.72. The molecule has 0 aliphatic carbocycles. The second kappa shape index (κ2) is 28.9. The van der Waals surface area contributed by atoms with E-state index in [2.05, 4.69) is 0 Å². The summed E-state index contributed by atoms with van der Waals surface area (Å²) in [6.45, 7) is 23.0. The Labute approximate surface area is 343 Å². The molecular formula is C42H78O15. The van der Waals surface area contributed by atoms with Gasteiger partial charge in [0.05, 0.1) is 107 Å². The largest absolute Gasteiger partial charge is 0.465 e. The van der Waals surface area contributed by atoms with Crippen molar-refractivity contribution in [2.45, 2.75) is 113 Å². The van der Waals surface area contributed by atoms with E-state index in [-0.39, 0.29) is 71.0 Å². The van der Waals surface area contributed by atoms with Crippen molar-refractivity contribution in [2.24, 2.45) is 21.7 Å². The van der Waals surface area contributed by atoms with E-state index in [0.717, 1.165) is 0 Å². The normalized spacial score (nSPS) is 14.4. The average molecular weight is 823 g/mol. The third-order valence-electron chi connectivity index (χ3n) is 9.81. The summed E-state index contributed by atoms with van der Waals surface area (Å²) in [5.41, 5.74) is -4.20. The molecule has 15 nitrogen and oxygen atoms in total. The van der Waals surface area contributed by atoms with Crippen LogP contribution in [0.15, 0.2) is 0 Å². The van der Waals surface area contributed by atoms with Crippen LogP contribution >= 0.6 is 0 Å². The van der Waals surface area contributed by atoms with Crippen molar-refractivity contribution < 1.29 is 71.3 Å². The molecule has 0 saturated heterocycles. The standard InChI is InChI=1S/C42H78O15/c1-13-41(9,36(45)55-28-26-51-24-22-49-20-18-47-11)32-38(3,4)34(43)53-17-15-16-40(7,8)57-31-30-54-35(44)39(5,6)33-42(10,14-2)37(46)56-29-27-52-25-23-50-21-19-48-12/h13-33H2,1-12H3. The molecule has 0 aromatic rings. The third kappa shape index (κ3) is 23.7. The maximum Gasteiger partial charge on any atom is 0.311 e. The molecule has 2 atom stereocenters. The Morgan fingerprint density at radius 2 is 0.719 bits per heavy atom. The second-order valence-electron chi connectivity index (χ2n) is 16.6. The Kier molecular flexibility index (Phi) is 27.7. The van der Waals surface area contributed by atoms with E-state index in [1.807, 2.05) is 27.7 Å². The molecule has 0 radical (unpaired) electrons. The molecule has 0 N–H and O–H groups in total. The summed E-state index contributed by atoms with van der Waals surface area (Å²) in [6.07, 6.45) is 2.62. The van der Waals surface area contributed by atoms with Gasteiger partial charge in [-0.25, -0.2) is 0 Å². The van der Waals surface area contributed by atoms with Gasteiger partial charge < -0.3 is 52.1 Å². The molecule has 0 rings (SSSR count). The summed E-state index contributed by atoms with van der Waals surface area (Å²) >= 11 is 0. The summed E-state index contributed by atoms with van der Waals surface area (Å²) in [6, 6.07) is 0. The maximum absolute atomic E-state index is 13.1. The van der Waals surface area contributed by atoms with Gasteiger partial charge in [0, 0.05) is 14.2 Å². The topological polar surface area (TPSA) is 170 Å². The van der Waals surface area contributed by atoms with Crippen LogP contribution in [-0.4, -0.2) is 143 Å². The van der Waals surface area contributed by atoms with Gasteiger partial charge in [-0.3, -0.25) is 19.2 Å². The van der Waals surface area contributed by atoms with Gasteiger partial charge >= 0.3 is 23.9 Å². The molecule has 0 aliphatic heterocycles. The van der Waals surface area contributed by atoms with Crippen molar-refractivity contribution in [3.8, 4) is 0 Å². The first kappa shape index (κ1) is 54.6. The van der Waals surface area contributed by atoms with E-state index in [4.69, 9.17) is 52.1 Å². The first-order valence-corrected chi connectivity index (χ1v) is 20.4. The molecule has 0 aromatic carbocycles. The van der Waals surface area contributed by atoms with Crippen LogP contribution in [0, 0.1) is 21.7 Å². The van der Waals surface area contributed by atoms with E-state index >= 15 is 0 Å². The van der Waals surface area contributed by atoms with E-state index in [1.54, 1.807) is 55.8 Å². The predicted octanol–water partition coefficient (Wildman–Crippen LogP) is 5.76. The summed E-state index contributed by atoms with van der Waals surface area (Å²) in [7, 11) is 3.21. The highest BCUT2D eigenvalue weighted by molar-refractivity contribution is 5.81. The van der Waals surface area contributed by atoms with Crippen LogP contribution in [0.5, 0.6) is 0 Å². The SMILES string of the molecule is CCC(C)(CC(C)(C)C(=O)OCCCC(C)(C)OCCOC(=O)C(C)(C)CC(C)(CC)C(=O)OCCOCCOCCOC)C(=O)OCCOCCOCCOC. The van der Waals surface area contributed by atoms with Gasteiger partial charge in [0.1, 0.15) is 19.8 Å². The molecule has 0 saturated carbocycles. The minimum atomic E-state index is -0.947. The average Bonchev–Trinajstić information content (AvgIpc) is 3.15. The molecule has 0 aliphatic rings. The first-order valence-electron chi connectivity index (χ1n) is 20.4. The van der Waals surface area contributed by atoms with Crippen molar-refractivity contribution in [3.63, 3.8) is 0 Å². The molecule has 2 unspecified atom stereocenters. The van der Waals surface area contributed by atoms with Crippen LogP contribution in [0.2, 0.25) is 0 Å². The van der Waals surface area contributed by atoms with Crippen molar-refractivity contribution in [2.75, 3.05) is 113 Å². The molecular weight excluding hydrogens is 744 g/mol. The zero-order chi connectivity index (χ0) is 43.4. The molecule has 15 heteroatoms. The zero-order valence-corrected chi connectivity index (χ0v) is 37.5. The fraction of sp³-hybridized carbons (Fsp3) is 0.905. The fourth-order valence-electron chi connectivity index (χ4n) is 6.02. The van der Waals surface area contributed by atoms with Gasteiger partial charge in [-0.2, -0.15) is 0 Å². The van der Waals surface area contributed by atoms with Crippen molar-refractivity contribution >= 4 is 23.9 Å². The summed E-state index contributed by atoms with van der Waals surface area (Å²) < 4.78 is 59.6. The van der Waals surface area contributed by atoms with Gasteiger partial charge in [-0.05, 0) is 93.9 Å². The predicted molar refractivity (Wildman–Crippen MR) is 214 cm³/mol. The molecule has 0 amide bonds. The van der Waals surface area contributed by atoms with Crippen LogP contribution in [0.3, 0.4) is 0 Å². The van der Waals surface area contributed by atoms with Crippen molar-refractivity contribution in [1.29, 1.82) is 0 Å². The lowest BCUT2D eigenvalue weighted by Crippen LogP contribution is -2.39. The lowest BCUT2D eigenvalue weighted by Gasteiger charge is -2.34. The smallest absolute Gasteiger partial charge is 0.311 e. The molecule has 0 heterocycles. The molecule has 336 valence electrons. The van der Waals surface area contributed by atoms with Crippen LogP contribution in [-0.2, 0) is 71.3 Å². The minimum Gasteiger partial charge on any atom is -0.465 e. The summed E-state index contributed by atoms with van der Waals surface area (Å²) in [5.74, 6) is -1.59. The van der Waals surface area contributed by atoms with Gasteiger partial charge in [0.2, 0.25) is 0 Å². The lowest BCUT2D eigenvalue weighted by molar-refractivity contribution is -0.166. The van der Waals surface area contributed by atoms with Crippen molar-refractivity contribution in [3.05, 3.63) is 0 Å². The molecule has 0 bridgehead atoms. The quantitative estimate of drug-likeness (QED) is 0.0425. The first-order chi connectivity index (χ1) is 26.8. The maximum atomic E-state index is 13.1. The number of hydrogen-bond donors (Lipinski definition) is 0. The van der Waals surface area contributed by atoms with Gasteiger partial charge in [-0.15, -0.1) is 0 Å². The number of hydrogen-bond acceptors (Lipinski definition) is 15. The summed E-state index contributed by atoms with van der Waals surface area (Å²) in [5, 5.41) is 0. The molecule has 0 fully saturated rings. The van der Waals surface area contributed by atoms with Crippen LogP contribution < -0.4 is 0 Å². The number of esters is 4. The fourth-order valence-corrected chi connectivity index (χ4v) is 6.02. The van der Waals surface area contributed by atoms with Crippen LogP contribution in [0.1, 0.15) is 108 Å². The van der Waals surface area contributed by atoms with E-state index in [9.17, 15) is 19.2 Å². The van der Waals surface area contributed by atoms with E-state index < -0.39 is 39.2 Å². The van der Waals surface area contributed by atoms with Gasteiger partial charge in [-0.1, -0.05) is 13.8 Å². The van der Waals surface area contributed by atoms with Crippen molar-refractivity contribution in [1.82, 2.24) is 0 Å². The Morgan fingerprint density at radius 1 is 0.404 bits per heavy atom. The van der Waals surface area contributed by atoms with Crippen LogP contribution in [0.4, 0.5) is 0 Å².